The predicted molar refractivity (Wildman–Crippen MR) is 49.3 cm³/mol. The van der Waals surface area contributed by atoms with Gasteiger partial charge in [-0.25, -0.2) is 4.79 Å². The van der Waals surface area contributed by atoms with Crippen LogP contribution in [-0.4, -0.2) is 28.3 Å². The average Bonchev–Trinajstić information content (AvgIpc) is 1.84. The van der Waals surface area contributed by atoms with E-state index >= 15 is 0 Å². The lowest BCUT2D eigenvalue weighted by molar-refractivity contribution is -0.142. The summed E-state index contributed by atoms with van der Waals surface area (Å²) in [6.45, 7) is 6.73. The van der Waals surface area contributed by atoms with E-state index in [1.54, 1.807) is 20.1 Å². The molecular weight excluding hydrogens is 176 g/mol. The molecule has 0 heterocycles. The largest absolute Gasteiger partial charge is 0.458 e. The Bertz CT molecular complexity index is 210. The molecule has 0 aromatic heterocycles. The van der Waals surface area contributed by atoms with Gasteiger partial charge in [0.1, 0.15) is 6.10 Å². The molecule has 12 heavy (non-hydrogen) atoms. The summed E-state index contributed by atoms with van der Waals surface area (Å²) in [5.74, 6) is -0.0492. The van der Waals surface area contributed by atoms with E-state index in [2.05, 4.69) is 6.58 Å². The number of ether oxygens (including phenoxy) is 1. The van der Waals surface area contributed by atoms with Crippen molar-refractivity contribution in [1.29, 1.82) is 0 Å². The summed E-state index contributed by atoms with van der Waals surface area (Å²) in [7, 11) is -0.932. The summed E-state index contributed by atoms with van der Waals surface area (Å²) in [5, 5.41) is 0. The third kappa shape index (κ3) is 5.07. The molecule has 0 saturated carbocycles. The van der Waals surface area contributed by atoms with Crippen molar-refractivity contribution < 1.29 is 13.7 Å². The van der Waals surface area contributed by atoms with Gasteiger partial charge in [-0.1, -0.05) is 6.58 Å². The quantitative estimate of drug-likeness (QED) is 0.488. The highest BCUT2D eigenvalue weighted by Gasteiger charge is 2.10. The second-order valence-corrected chi connectivity index (χ2v) is 4.22. The Kier molecular flexibility index (Phi) is 4.81. The van der Waals surface area contributed by atoms with Gasteiger partial charge in [-0.05, 0) is 13.8 Å². The molecule has 4 heteroatoms. The zero-order valence-corrected chi connectivity index (χ0v) is 8.44. The van der Waals surface area contributed by atoms with Crippen molar-refractivity contribution in [2.45, 2.75) is 20.0 Å². The lowest BCUT2D eigenvalue weighted by atomic mass is 10.3. The number of hydrogen-bond acceptors (Lipinski definition) is 3. The summed E-state index contributed by atoms with van der Waals surface area (Å²) in [4.78, 5) is 10.9. The third-order valence-corrected chi connectivity index (χ3v) is 2.06. The fourth-order valence-electron chi connectivity index (χ4n) is 0.648. The first-order valence-corrected chi connectivity index (χ1v) is 5.32. The zero-order chi connectivity index (χ0) is 9.72. The average molecular weight is 190 g/mol. The molecule has 0 bridgehead atoms. The maximum absolute atomic E-state index is 10.9. The Morgan fingerprint density at radius 1 is 1.67 bits per heavy atom. The van der Waals surface area contributed by atoms with Crippen molar-refractivity contribution in [3.8, 4) is 0 Å². The monoisotopic (exact) mass is 190 g/mol. The summed E-state index contributed by atoms with van der Waals surface area (Å²) in [5.41, 5.74) is 0.365. The van der Waals surface area contributed by atoms with E-state index in [4.69, 9.17) is 4.74 Å². The van der Waals surface area contributed by atoms with Crippen LogP contribution in [0, 0.1) is 0 Å². The van der Waals surface area contributed by atoms with E-state index < -0.39 is 16.8 Å². The molecule has 3 nitrogen and oxygen atoms in total. The summed E-state index contributed by atoms with van der Waals surface area (Å²) in [6, 6.07) is 0. The fourth-order valence-corrected chi connectivity index (χ4v) is 1.38. The molecule has 0 aromatic carbocycles. The van der Waals surface area contributed by atoms with E-state index in [9.17, 15) is 9.00 Å². The van der Waals surface area contributed by atoms with Crippen molar-refractivity contribution in [2.24, 2.45) is 0 Å². The summed E-state index contributed by atoms with van der Waals surface area (Å²) in [6.07, 6.45) is 1.27. The molecule has 0 rings (SSSR count). The van der Waals surface area contributed by atoms with Gasteiger partial charge in [-0.3, -0.25) is 4.21 Å². The SMILES string of the molecule is C=C(C)C(=O)OC(C)CS(C)=O. The Balaban J connectivity index is 3.84. The lowest BCUT2D eigenvalue weighted by Crippen LogP contribution is -2.21. The number of carbonyl (C=O) groups is 1. The zero-order valence-electron chi connectivity index (χ0n) is 7.62. The molecule has 70 valence electrons. The molecule has 0 fully saturated rings. The number of rotatable bonds is 4. The Labute approximate surface area is 75.3 Å². The first-order valence-electron chi connectivity index (χ1n) is 3.60. The van der Waals surface area contributed by atoms with E-state index in [1.165, 1.54) is 0 Å². The van der Waals surface area contributed by atoms with Gasteiger partial charge in [0.15, 0.2) is 0 Å². The van der Waals surface area contributed by atoms with Crippen LogP contribution in [-0.2, 0) is 20.3 Å². The molecule has 0 N–H and O–H groups in total. The minimum Gasteiger partial charge on any atom is -0.458 e. The minimum atomic E-state index is -0.932. The van der Waals surface area contributed by atoms with Gasteiger partial charge in [0.25, 0.3) is 0 Å². The Hall–Kier alpha value is -0.640. The van der Waals surface area contributed by atoms with Crippen LogP contribution in [0.3, 0.4) is 0 Å². The molecular formula is C8H14O3S. The van der Waals surface area contributed by atoms with Gasteiger partial charge >= 0.3 is 5.97 Å². The first-order chi connectivity index (χ1) is 5.43. The fraction of sp³-hybridized carbons (Fsp3) is 0.625. The minimum absolute atomic E-state index is 0.306. The van der Waals surface area contributed by atoms with Gasteiger partial charge in [-0.2, -0.15) is 0 Å². The molecule has 0 radical (unpaired) electrons. The molecule has 0 saturated heterocycles. The van der Waals surface area contributed by atoms with Gasteiger partial charge in [0, 0.05) is 22.6 Å². The van der Waals surface area contributed by atoms with E-state index in [1.807, 2.05) is 0 Å². The van der Waals surface area contributed by atoms with E-state index in [-0.39, 0.29) is 6.10 Å². The van der Waals surface area contributed by atoms with Crippen molar-refractivity contribution in [3.05, 3.63) is 12.2 Å². The van der Waals surface area contributed by atoms with Crippen molar-refractivity contribution in [3.63, 3.8) is 0 Å². The van der Waals surface area contributed by atoms with Gasteiger partial charge < -0.3 is 4.74 Å². The third-order valence-electron chi connectivity index (χ3n) is 1.13. The molecule has 0 aromatic rings. The lowest BCUT2D eigenvalue weighted by Gasteiger charge is -2.10. The smallest absolute Gasteiger partial charge is 0.333 e. The van der Waals surface area contributed by atoms with Crippen LogP contribution in [0.4, 0.5) is 0 Å². The van der Waals surface area contributed by atoms with Crippen molar-refractivity contribution in [2.75, 3.05) is 12.0 Å². The molecule has 2 atom stereocenters. The molecule has 0 aliphatic carbocycles. The summed E-state index contributed by atoms with van der Waals surface area (Å²) >= 11 is 0. The standard InChI is InChI=1S/C8H14O3S/c1-6(2)8(9)11-7(3)5-12(4)10/h7H,1,5H2,2-4H3. The Morgan fingerprint density at radius 2 is 2.17 bits per heavy atom. The van der Waals surface area contributed by atoms with Crippen molar-refractivity contribution in [1.82, 2.24) is 0 Å². The van der Waals surface area contributed by atoms with Gasteiger partial charge in [0.2, 0.25) is 0 Å². The van der Waals surface area contributed by atoms with E-state index in [0.717, 1.165) is 0 Å². The molecule has 0 aliphatic heterocycles. The van der Waals surface area contributed by atoms with Crippen LogP contribution in [0.25, 0.3) is 0 Å². The highest BCUT2D eigenvalue weighted by molar-refractivity contribution is 7.84. The highest BCUT2D eigenvalue weighted by atomic mass is 32.2. The molecule has 0 amide bonds. The maximum Gasteiger partial charge on any atom is 0.333 e. The van der Waals surface area contributed by atoms with Crippen molar-refractivity contribution >= 4 is 16.8 Å². The maximum atomic E-state index is 10.9. The molecule has 0 spiro atoms. The normalized spacial score (nSPS) is 14.9. The van der Waals surface area contributed by atoms with E-state index in [0.29, 0.717) is 11.3 Å². The predicted octanol–water partition coefficient (Wildman–Crippen LogP) is 0.873. The second-order valence-electron chi connectivity index (χ2n) is 2.74. The highest BCUT2D eigenvalue weighted by Crippen LogP contribution is 1.99. The topological polar surface area (TPSA) is 43.4 Å². The molecule has 2 unspecified atom stereocenters. The van der Waals surface area contributed by atoms with Crippen LogP contribution in [0.2, 0.25) is 0 Å². The van der Waals surface area contributed by atoms with Crippen LogP contribution in [0.5, 0.6) is 0 Å². The van der Waals surface area contributed by atoms with Crippen LogP contribution >= 0.6 is 0 Å². The summed E-state index contributed by atoms with van der Waals surface area (Å²) < 4.78 is 15.6. The number of hydrogen-bond donors (Lipinski definition) is 0. The Morgan fingerprint density at radius 3 is 2.50 bits per heavy atom. The van der Waals surface area contributed by atoms with Gasteiger partial charge in [0.05, 0.1) is 5.75 Å². The van der Waals surface area contributed by atoms with Crippen LogP contribution in [0.15, 0.2) is 12.2 Å². The van der Waals surface area contributed by atoms with Crippen LogP contribution in [0.1, 0.15) is 13.8 Å². The first kappa shape index (κ1) is 11.4. The number of esters is 1. The number of carbonyl (C=O) groups excluding carboxylic acids is 1. The van der Waals surface area contributed by atoms with Gasteiger partial charge in [-0.15, -0.1) is 0 Å². The van der Waals surface area contributed by atoms with Crippen LogP contribution < -0.4 is 0 Å². The molecule has 0 aliphatic rings. The second kappa shape index (κ2) is 5.09.